The Bertz CT molecular complexity index is 602. The molecule has 0 fully saturated rings. The van der Waals surface area contributed by atoms with Gasteiger partial charge in [-0.15, -0.1) is 0 Å². The van der Waals surface area contributed by atoms with Gasteiger partial charge in [-0.25, -0.2) is 9.97 Å². The highest BCUT2D eigenvalue weighted by Crippen LogP contribution is 2.10. The summed E-state index contributed by atoms with van der Waals surface area (Å²) >= 11 is 5.83. The molecule has 2 rings (SSSR count). The van der Waals surface area contributed by atoms with Gasteiger partial charge in [0, 0.05) is 37.6 Å². The number of carbonyl (C=O) groups excluding carboxylic acids is 1. The maximum atomic E-state index is 11.8. The van der Waals surface area contributed by atoms with Gasteiger partial charge in [0.2, 0.25) is 5.95 Å². The molecule has 116 valence electrons. The molecule has 1 heterocycles. The topological polar surface area (TPSA) is 76.1 Å². The lowest BCUT2D eigenvalue weighted by Gasteiger charge is -2.06. The second-order valence-electron chi connectivity index (χ2n) is 4.52. The Morgan fingerprint density at radius 1 is 1.23 bits per heavy atom. The third-order valence-corrected chi connectivity index (χ3v) is 3.12. The number of methoxy groups -OCH3 is 1. The van der Waals surface area contributed by atoms with Crippen molar-refractivity contribution in [3.05, 3.63) is 52.8 Å². The Morgan fingerprint density at radius 2 is 1.91 bits per heavy atom. The second-order valence-corrected chi connectivity index (χ2v) is 4.96. The number of ether oxygens (including phenoxy) is 1. The van der Waals surface area contributed by atoms with Crippen molar-refractivity contribution in [1.82, 2.24) is 15.3 Å². The maximum absolute atomic E-state index is 11.8. The molecule has 0 spiro atoms. The van der Waals surface area contributed by atoms with Gasteiger partial charge in [0.25, 0.3) is 5.91 Å². The van der Waals surface area contributed by atoms with Crippen LogP contribution in [0, 0.1) is 0 Å². The molecule has 1 amide bonds. The highest BCUT2D eigenvalue weighted by Gasteiger charge is 2.06. The van der Waals surface area contributed by atoms with Crippen LogP contribution in [0.2, 0.25) is 5.02 Å². The highest BCUT2D eigenvalue weighted by atomic mass is 35.5. The third kappa shape index (κ3) is 4.98. The average Bonchev–Trinajstić information content (AvgIpc) is 2.55. The molecule has 2 N–H and O–H groups in total. The van der Waals surface area contributed by atoms with Crippen LogP contribution in [0.4, 0.5) is 5.95 Å². The number of rotatable bonds is 7. The molecule has 0 saturated heterocycles. The van der Waals surface area contributed by atoms with E-state index in [9.17, 15) is 4.79 Å². The Labute approximate surface area is 133 Å². The summed E-state index contributed by atoms with van der Waals surface area (Å²) in [7, 11) is 1.58. The summed E-state index contributed by atoms with van der Waals surface area (Å²) in [5.41, 5.74) is 1.47. The molecule has 0 aliphatic rings. The fourth-order valence-electron chi connectivity index (χ4n) is 1.69. The van der Waals surface area contributed by atoms with E-state index in [2.05, 4.69) is 20.6 Å². The van der Waals surface area contributed by atoms with Crippen LogP contribution in [-0.4, -0.2) is 36.1 Å². The fraction of sp³-hybridized carbons (Fsp3) is 0.267. The van der Waals surface area contributed by atoms with Crippen LogP contribution < -0.4 is 10.6 Å². The van der Waals surface area contributed by atoms with Crippen LogP contribution >= 0.6 is 11.6 Å². The number of nitrogens with zero attached hydrogens (tertiary/aromatic N) is 2. The molecule has 1 aromatic heterocycles. The van der Waals surface area contributed by atoms with E-state index in [1.54, 1.807) is 7.11 Å². The average molecular weight is 321 g/mol. The molecule has 2 aromatic rings. The number of hydrogen-bond acceptors (Lipinski definition) is 5. The first-order valence-corrected chi connectivity index (χ1v) is 7.14. The summed E-state index contributed by atoms with van der Waals surface area (Å²) in [5.74, 6) is 0.240. The summed E-state index contributed by atoms with van der Waals surface area (Å²) in [6, 6.07) is 7.50. The van der Waals surface area contributed by atoms with E-state index in [4.69, 9.17) is 16.3 Å². The maximum Gasteiger partial charge on any atom is 0.254 e. The van der Waals surface area contributed by atoms with Gasteiger partial charge in [0.1, 0.15) is 0 Å². The van der Waals surface area contributed by atoms with Crippen molar-refractivity contribution >= 4 is 23.5 Å². The zero-order chi connectivity index (χ0) is 15.8. The Kier molecular flexibility index (Phi) is 6.12. The van der Waals surface area contributed by atoms with E-state index in [1.807, 2.05) is 24.3 Å². The van der Waals surface area contributed by atoms with E-state index >= 15 is 0 Å². The quantitative estimate of drug-likeness (QED) is 0.764. The summed E-state index contributed by atoms with van der Waals surface area (Å²) in [4.78, 5) is 20.0. The van der Waals surface area contributed by atoms with Crippen LogP contribution in [0.3, 0.4) is 0 Å². The first-order valence-electron chi connectivity index (χ1n) is 6.76. The first-order chi connectivity index (χ1) is 10.7. The zero-order valence-corrected chi connectivity index (χ0v) is 12.9. The number of nitrogens with one attached hydrogen (secondary N) is 2. The van der Waals surface area contributed by atoms with Gasteiger partial charge in [-0.3, -0.25) is 4.79 Å². The van der Waals surface area contributed by atoms with Gasteiger partial charge >= 0.3 is 0 Å². The molecule has 0 bridgehead atoms. The summed E-state index contributed by atoms with van der Waals surface area (Å²) in [5, 5.41) is 6.49. The number of halogens is 1. The third-order valence-electron chi connectivity index (χ3n) is 2.87. The van der Waals surface area contributed by atoms with Crippen molar-refractivity contribution in [2.45, 2.75) is 6.54 Å². The van der Waals surface area contributed by atoms with Gasteiger partial charge in [-0.05, 0) is 17.7 Å². The minimum atomic E-state index is -0.221. The molecule has 0 aliphatic heterocycles. The Balaban J connectivity index is 1.86. The van der Waals surface area contributed by atoms with E-state index in [0.717, 1.165) is 5.56 Å². The normalized spacial score (nSPS) is 10.3. The van der Waals surface area contributed by atoms with E-state index < -0.39 is 0 Å². The first kappa shape index (κ1) is 16.2. The van der Waals surface area contributed by atoms with Gasteiger partial charge in [0.15, 0.2) is 0 Å². The number of carbonyl (C=O) groups is 1. The van der Waals surface area contributed by atoms with Crippen LogP contribution in [0.25, 0.3) is 0 Å². The van der Waals surface area contributed by atoms with Crippen LogP contribution in [0.15, 0.2) is 36.7 Å². The van der Waals surface area contributed by atoms with Crippen molar-refractivity contribution in [1.29, 1.82) is 0 Å². The SMILES string of the molecule is COCCNC(=O)c1cnc(NCc2ccc(Cl)cc2)nc1. The Hall–Kier alpha value is -2.18. The van der Waals surface area contributed by atoms with Crippen molar-refractivity contribution < 1.29 is 9.53 Å². The molecule has 0 aliphatic carbocycles. The number of amides is 1. The van der Waals surface area contributed by atoms with Gasteiger partial charge in [-0.2, -0.15) is 0 Å². The molecule has 0 atom stereocenters. The van der Waals surface area contributed by atoms with Crippen molar-refractivity contribution in [3.63, 3.8) is 0 Å². The summed E-state index contributed by atoms with van der Waals surface area (Å²) in [6.07, 6.45) is 2.97. The van der Waals surface area contributed by atoms with Crippen molar-refractivity contribution in [2.24, 2.45) is 0 Å². The van der Waals surface area contributed by atoms with Gasteiger partial charge in [0.05, 0.1) is 12.2 Å². The largest absolute Gasteiger partial charge is 0.383 e. The van der Waals surface area contributed by atoms with Crippen LogP contribution in [-0.2, 0) is 11.3 Å². The molecule has 7 heteroatoms. The molecule has 6 nitrogen and oxygen atoms in total. The zero-order valence-electron chi connectivity index (χ0n) is 12.2. The number of benzene rings is 1. The minimum absolute atomic E-state index is 0.221. The number of aromatic nitrogens is 2. The molecule has 0 unspecified atom stereocenters. The van der Waals surface area contributed by atoms with E-state index in [-0.39, 0.29) is 5.91 Å². The predicted octanol–water partition coefficient (Wildman–Crippen LogP) is 2.12. The molecular formula is C15H17ClN4O2. The lowest BCUT2D eigenvalue weighted by Crippen LogP contribution is -2.27. The summed E-state index contributed by atoms with van der Waals surface area (Å²) < 4.78 is 4.86. The summed E-state index contributed by atoms with van der Waals surface area (Å²) in [6.45, 7) is 1.50. The monoisotopic (exact) mass is 320 g/mol. The highest BCUT2D eigenvalue weighted by molar-refractivity contribution is 6.30. The smallest absolute Gasteiger partial charge is 0.254 e. The van der Waals surface area contributed by atoms with Gasteiger partial charge < -0.3 is 15.4 Å². The molecule has 22 heavy (non-hydrogen) atoms. The minimum Gasteiger partial charge on any atom is -0.383 e. The van der Waals surface area contributed by atoms with Crippen LogP contribution in [0.5, 0.6) is 0 Å². The van der Waals surface area contributed by atoms with Crippen molar-refractivity contribution in [2.75, 3.05) is 25.6 Å². The lowest BCUT2D eigenvalue weighted by molar-refractivity contribution is 0.0936. The molecule has 1 aromatic carbocycles. The fourth-order valence-corrected chi connectivity index (χ4v) is 1.81. The molecular weight excluding hydrogens is 304 g/mol. The standard InChI is InChI=1S/C15H17ClN4O2/c1-22-7-6-17-14(21)12-9-19-15(20-10-12)18-8-11-2-4-13(16)5-3-11/h2-5,9-10H,6-8H2,1H3,(H,17,21)(H,18,19,20). The number of hydrogen-bond donors (Lipinski definition) is 2. The lowest BCUT2D eigenvalue weighted by atomic mass is 10.2. The number of anilines is 1. The van der Waals surface area contributed by atoms with Crippen LogP contribution in [0.1, 0.15) is 15.9 Å². The predicted molar refractivity (Wildman–Crippen MR) is 85.0 cm³/mol. The van der Waals surface area contributed by atoms with Gasteiger partial charge in [-0.1, -0.05) is 23.7 Å². The molecule has 0 saturated carbocycles. The van der Waals surface area contributed by atoms with Crippen molar-refractivity contribution in [3.8, 4) is 0 Å². The van der Waals surface area contributed by atoms with E-state index in [0.29, 0.717) is 36.2 Å². The Morgan fingerprint density at radius 3 is 2.55 bits per heavy atom. The second kappa shape index (κ2) is 8.31. The van der Waals surface area contributed by atoms with E-state index in [1.165, 1.54) is 12.4 Å². The molecule has 0 radical (unpaired) electrons.